The van der Waals surface area contributed by atoms with E-state index < -0.39 is 0 Å². The lowest BCUT2D eigenvalue weighted by Crippen LogP contribution is -2.44. The Bertz CT molecular complexity index is 381. The maximum Gasteiger partial charge on any atom is 0.191 e. The molecule has 0 amide bonds. The molecular formula is C21H47IN6. The number of halogens is 1. The Kier molecular flexibility index (Phi) is 17.6. The van der Waals surface area contributed by atoms with Gasteiger partial charge in [-0.1, -0.05) is 13.8 Å². The van der Waals surface area contributed by atoms with Gasteiger partial charge >= 0.3 is 0 Å². The molecular weight excluding hydrogens is 463 g/mol. The van der Waals surface area contributed by atoms with Gasteiger partial charge in [0.2, 0.25) is 0 Å². The normalized spacial score (nSPS) is 17.4. The number of hydrogen-bond acceptors (Lipinski definition) is 4. The summed E-state index contributed by atoms with van der Waals surface area (Å²) in [4.78, 5) is 12.3. The zero-order chi connectivity index (χ0) is 19.9. The standard InChI is InChI=1S/C21H46N6.HI/c1-6-22-21(24-20(4)12-11-15-26(7-2)8-3)23-13-9-10-14-27-18-16-25(5)17-19-27;/h20H,6-19H2,1-5H3,(H2,22,23,24);1H. The second-order valence-corrected chi connectivity index (χ2v) is 7.83. The molecule has 0 aliphatic carbocycles. The summed E-state index contributed by atoms with van der Waals surface area (Å²) >= 11 is 0. The van der Waals surface area contributed by atoms with E-state index in [4.69, 9.17) is 4.99 Å². The van der Waals surface area contributed by atoms with E-state index in [9.17, 15) is 0 Å². The van der Waals surface area contributed by atoms with Crippen LogP contribution in [-0.4, -0.2) is 99.2 Å². The van der Waals surface area contributed by atoms with E-state index in [0.29, 0.717) is 6.04 Å². The number of likely N-dealkylation sites (N-methyl/N-ethyl adjacent to an activating group) is 1. The van der Waals surface area contributed by atoms with Crippen LogP contribution >= 0.6 is 24.0 Å². The molecule has 0 bridgehead atoms. The Morgan fingerprint density at radius 1 is 1.04 bits per heavy atom. The van der Waals surface area contributed by atoms with Crippen molar-refractivity contribution < 1.29 is 0 Å². The van der Waals surface area contributed by atoms with Gasteiger partial charge in [0.25, 0.3) is 0 Å². The lowest BCUT2D eigenvalue weighted by atomic mass is 10.2. The number of hydrogen-bond donors (Lipinski definition) is 2. The summed E-state index contributed by atoms with van der Waals surface area (Å²) in [5.41, 5.74) is 0. The van der Waals surface area contributed by atoms with Gasteiger partial charge in [-0.25, -0.2) is 0 Å². The molecule has 1 heterocycles. The molecule has 28 heavy (non-hydrogen) atoms. The first-order chi connectivity index (χ1) is 13.1. The van der Waals surface area contributed by atoms with Gasteiger partial charge in [-0.3, -0.25) is 4.99 Å². The van der Waals surface area contributed by atoms with Crippen LogP contribution in [0.25, 0.3) is 0 Å². The fourth-order valence-corrected chi connectivity index (χ4v) is 3.50. The number of nitrogens with zero attached hydrogens (tertiary/aromatic N) is 4. The van der Waals surface area contributed by atoms with E-state index >= 15 is 0 Å². The number of piperazine rings is 1. The van der Waals surface area contributed by atoms with Crippen LogP contribution in [0.3, 0.4) is 0 Å². The highest BCUT2D eigenvalue weighted by Gasteiger charge is 2.12. The second kappa shape index (κ2) is 17.7. The second-order valence-electron chi connectivity index (χ2n) is 7.83. The van der Waals surface area contributed by atoms with Gasteiger partial charge in [0.15, 0.2) is 5.96 Å². The smallest absolute Gasteiger partial charge is 0.191 e. The molecule has 0 spiro atoms. The van der Waals surface area contributed by atoms with Gasteiger partial charge in [0, 0.05) is 45.3 Å². The predicted octanol–water partition coefficient (Wildman–Crippen LogP) is 2.70. The summed E-state index contributed by atoms with van der Waals surface area (Å²) in [5, 5.41) is 6.97. The van der Waals surface area contributed by atoms with Crippen molar-refractivity contribution in [1.29, 1.82) is 0 Å². The van der Waals surface area contributed by atoms with Crippen LogP contribution in [0.2, 0.25) is 0 Å². The minimum absolute atomic E-state index is 0. The molecule has 1 atom stereocenters. The lowest BCUT2D eigenvalue weighted by molar-refractivity contribution is 0.152. The Labute approximate surface area is 191 Å². The Morgan fingerprint density at radius 3 is 2.32 bits per heavy atom. The molecule has 6 nitrogen and oxygen atoms in total. The Balaban J connectivity index is 0.00000729. The summed E-state index contributed by atoms with van der Waals surface area (Å²) in [6.07, 6.45) is 4.83. The molecule has 0 aromatic carbocycles. The minimum Gasteiger partial charge on any atom is -0.357 e. The number of rotatable bonds is 13. The van der Waals surface area contributed by atoms with Gasteiger partial charge in [-0.2, -0.15) is 0 Å². The van der Waals surface area contributed by atoms with Crippen LogP contribution in [0.5, 0.6) is 0 Å². The minimum atomic E-state index is 0. The van der Waals surface area contributed by atoms with Crippen LogP contribution in [0.15, 0.2) is 4.99 Å². The molecule has 1 saturated heterocycles. The van der Waals surface area contributed by atoms with E-state index in [1.54, 1.807) is 0 Å². The van der Waals surface area contributed by atoms with Crippen LogP contribution in [0.4, 0.5) is 0 Å². The number of nitrogens with one attached hydrogen (secondary N) is 2. The highest BCUT2D eigenvalue weighted by Crippen LogP contribution is 2.02. The van der Waals surface area contributed by atoms with Crippen molar-refractivity contribution in [1.82, 2.24) is 25.3 Å². The van der Waals surface area contributed by atoms with Gasteiger partial charge in [0.1, 0.15) is 0 Å². The van der Waals surface area contributed by atoms with E-state index in [1.165, 1.54) is 65.0 Å². The Morgan fingerprint density at radius 2 is 1.71 bits per heavy atom. The number of aliphatic imine (C=N–C) groups is 1. The van der Waals surface area contributed by atoms with Crippen LogP contribution < -0.4 is 10.6 Å². The number of guanidine groups is 1. The molecule has 1 aliphatic heterocycles. The van der Waals surface area contributed by atoms with Crippen molar-refractivity contribution in [2.24, 2.45) is 4.99 Å². The molecule has 2 N–H and O–H groups in total. The topological polar surface area (TPSA) is 46.1 Å². The van der Waals surface area contributed by atoms with Crippen molar-refractivity contribution in [3.63, 3.8) is 0 Å². The largest absolute Gasteiger partial charge is 0.357 e. The molecule has 1 rings (SSSR count). The maximum atomic E-state index is 4.78. The van der Waals surface area contributed by atoms with Crippen LogP contribution in [-0.2, 0) is 0 Å². The van der Waals surface area contributed by atoms with Crippen LogP contribution in [0.1, 0.15) is 53.4 Å². The van der Waals surface area contributed by atoms with E-state index in [1.807, 2.05) is 0 Å². The lowest BCUT2D eigenvalue weighted by Gasteiger charge is -2.32. The first kappa shape index (κ1) is 27.9. The van der Waals surface area contributed by atoms with Crippen molar-refractivity contribution in [3.05, 3.63) is 0 Å². The van der Waals surface area contributed by atoms with Crippen molar-refractivity contribution >= 4 is 29.9 Å². The van der Waals surface area contributed by atoms with Gasteiger partial charge in [0.05, 0.1) is 0 Å². The molecule has 1 fully saturated rings. The third kappa shape index (κ3) is 13.2. The zero-order valence-electron chi connectivity index (χ0n) is 19.2. The number of unbranched alkanes of at least 4 members (excludes halogenated alkanes) is 1. The van der Waals surface area contributed by atoms with Gasteiger partial charge in [-0.15, -0.1) is 24.0 Å². The third-order valence-corrected chi connectivity index (χ3v) is 5.48. The van der Waals surface area contributed by atoms with Gasteiger partial charge < -0.3 is 25.3 Å². The molecule has 7 heteroatoms. The zero-order valence-corrected chi connectivity index (χ0v) is 21.5. The Hall–Kier alpha value is -0.120. The average Bonchev–Trinajstić information content (AvgIpc) is 2.66. The summed E-state index contributed by atoms with van der Waals surface area (Å²) in [6.45, 7) is 20.3. The van der Waals surface area contributed by atoms with E-state index in [0.717, 1.165) is 32.1 Å². The van der Waals surface area contributed by atoms with Crippen molar-refractivity contribution in [2.75, 3.05) is 72.5 Å². The molecule has 0 aromatic heterocycles. The fourth-order valence-electron chi connectivity index (χ4n) is 3.50. The molecule has 1 aliphatic rings. The van der Waals surface area contributed by atoms with E-state index in [2.05, 4.69) is 60.1 Å². The predicted molar refractivity (Wildman–Crippen MR) is 134 cm³/mol. The quantitative estimate of drug-likeness (QED) is 0.173. The SMILES string of the molecule is CCNC(=NCCCCN1CCN(C)CC1)NC(C)CCCN(CC)CC.I. The summed E-state index contributed by atoms with van der Waals surface area (Å²) in [7, 11) is 2.21. The fraction of sp³-hybridized carbons (Fsp3) is 0.952. The molecule has 168 valence electrons. The molecule has 0 radical (unpaired) electrons. The molecule has 1 unspecified atom stereocenters. The molecule has 0 aromatic rings. The average molecular weight is 511 g/mol. The highest BCUT2D eigenvalue weighted by atomic mass is 127. The summed E-state index contributed by atoms with van der Waals surface area (Å²) < 4.78 is 0. The molecule has 0 saturated carbocycles. The van der Waals surface area contributed by atoms with Crippen molar-refractivity contribution in [2.45, 2.75) is 59.4 Å². The summed E-state index contributed by atoms with van der Waals surface area (Å²) in [6, 6.07) is 0.462. The first-order valence-corrected chi connectivity index (χ1v) is 11.3. The first-order valence-electron chi connectivity index (χ1n) is 11.3. The van der Waals surface area contributed by atoms with Gasteiger partial charge in [-0.05, 0) is 72.8 Å². The maximum absolute atomic E-state index is 4.78. The van der Waals surface area contributed by atoms with E-state index in [-0.39, 0.29) is 24.0 Å². The van der Waals surface area contributed by atoms with Crippen LogP contribution in [0, 0.1) is 0 Å². The summed E-state index contributed by atoms with van der Waals surface area (Å²) in [5.74, 6) is 0.979. The third-order valence-electron chi connectivity index (χ3n) is 5.48. The van der Waals surface area contributed by atoms with Crippen molar-refractivity contribution in [3.8, 4) is 0 Å². The highest BCUT2D eigenvalue weighted by molar-refractivity contribution is 14.0. The monoisotopic (exact) mass is 510 g/mol.